The zero-order valence-corrected chi connectivity index (χ0v) is 14.1. The second-order valence-corrected chi connectivity index (χ2v) is 7.84. The molecule has 2 bridgehead atoms. The molecule has 0 aliphatic heterocycles. The van der Waals surface area contributed by atoms with Gasteiger partial charge in [0.15, 0.2) is 0 Å². The Morgan fingerprint density at radius 3 is 2.62 bits per heavy atom. The van der Waals surface area contributed by atoms with Crippen LogP contribution in [0.4, 0.5) is 0 Å². The molecule has 3 atom stereocenters. The molecule has 2 saturated carbocycles. The van der Waals surface area contributed by atoms with Gasteiger partial charge in [-0.15, -0.1) is 11.8 Å². The molecule has 0 unspecified atom stereocenters. The van der Waals surface area contributed by atoms with Gasteiger partial charge in [-0.3, -0.25) is 4.79 Å². The summed E-state index contributed by atoms with van der Waals surface area (Å²) in [6.45, 7) is 0. The lowest BCUT2D eigenvalue weighted by molar-refractivity contribution is -0.119. The number of hydrogen-bond acceptors (Lipinski definition) is 2. The van der Waals surface area contributed by atoms with Crippen molar-refractivity contribution in [1.82, 2.24) is 5.32 Å². The highest BCUT2D eigenvalue weighted by molar-refractivity contribution is 7.99. The SMILES string of the molecule is O=C(CSCc1c(Cl)cccc1Cl)N[C@@H]1C[C@H]2CC[C@H]1C2. The van der Waals surface area contributed by atoms with E-state index in [1.54, 1.807) is 11.8 Å². The fourth-order valence-corrected chi connectivity index (χ4v) is 5.16. The van der Waals surface area contributed by atoms with Crippen LogP contribution in [0, 0.1) is 11.8 Å². The van der Waals surface area contributed by atoms with E-state index in [-0.39, 0.29) is 5.91 Å². The van der Waals surface area contributed by atoms with Gasteiger partial charge in [-0.25, -0.2) is 0 Å². The predicted octanol–water partition coefficient (Wildman–Crippen LogP) is 4.53. The highest BCUT2D eigenvalue weighted by atomic mass is 35.5. The normalized spacial score (nSPS) is 27.0. The Morgan fingerprint density at radius 2 is 2.00 bits per heavy atom. The molecule has 0 heterocycles. The summed E-state index contributed by atoms with van der Waals surface area (Å²) < 4.78 is 0. The van der Waals surface area contributed by atoms with Crippen molar-refractivity contribution in [3.63, 3.8) is 0 Å². The maximum atomic E-state index is 12.0. The summed E-state index contributed by atoms with van der Waals surface area (Å²) in [4.78, 5) is 12.0. The molecule has 2 aliphatic carbocycles. The molecule has 1 aromatic carbocycles. The zero-order valence-electron chi connectivity index (χ0n) is 11.8. The maximum Gasteiger partial charge on any atom is 0.230 e. The molecule has 5 heteroatoms. The highest BCUT2D eigenvalue weighted by Gasteiger charge is 2.39. The van der Waals surface area contributed by atoms with Crippen molar-refractivity contribution in [3.8, 4) is 0 Å². The molecule has 2 nitrogen and oxygen atoms in total. The van der Waals surface area contributed by atoms with Crippen molar-refractivity contribution in [2.45, 2.75) is 37.5 Å². The summed E-state index contributed by atoms with van der Waals surface area (Å²) in [6.07, 6.45) is 5.14. The van der Waals surface area contributed by atoms with Gasteiger partial charge in [-0.2, -0.15) is 0 Å². The first kappa shape index (κ1) is 15.5. The Kier molecular flexibility index (Phi) is 5.03. The minimum atomic E-state index is 0.140. The number of nitrogens with one attached hydrogen (secondary N) is 1. The highest BCUT2D eigenvalue weighted by Crippen LogP contribution is 2.44. The topological polar surface area (TPSA) is 29.1 Å². The lowest BCUT2D eigenvalue weighted by Gasteiger charge is -2.22. The zero-order chi connectivity index (χ0) is 14.8. The quantitative estimate of drug-likeness (QED) is 0.850. The van der Waals surface area contributed by atoms with Crippen LogP contribution in [0.5, 0.6) is 0 Å². The monoisotopic (exact) mass is 343 g/mol. The summed E-state index contributed by atoms with van der Waals surface area (Å²) in [5.41, 5.74) is 0.915. The predicted molar refractivity (Wildman–Crippen MR) is 90.0 cm³/mol. The standard InChI is InChI=1S/C16H19Cl2NOS/c17-13-2-1-3-14(18)12(13)8-21-9-16(20)19-15-7-10-4-5-11(15)6-10/h1-3,10-11,15H,4-9H2,(H,19,20)/t10-,11-,15+/m0/s1. The number of hydrogen-bond donors (Lipinski definition) is 1. The summed E-state index contributed by atoms with van der Waals surface area (Å²) in [5.74, 6) is 2.86. The Labute approximate surface area is 140 Å². The second-order valence-electron chi connectivity index (χ2n) is 6.04. The lowest BCUT2D eigenvalue weighted by Crippen LogP contribution is -2.39. The van der Waals surface area contributed by atoms with Crippen LogP contribution in [-0.2, 0) is 10.5 Å². The number of carbonyl (C=O) groups is 1. The molecule has 0 radical (unpaired) electrons. The van der Waals surface area contributed by atoms with Crippen LogP contribution in [0.2, 0.25) is 10.0 Å². The average molecular weight is 344 g/mol. The van der Waals surface area contributed by atoms with E-state index in [2.05, 4.69) is 5.32 Å². The second kappa shape index (κ2) is 6.80. The molecule has 2 fully saturated rings. The van der Waals surface area contributed by atoms with Crippen molar-refractivity contribution in [2.24, 2.45) is 11.8 Å². The molecule has 3 rings (SSSR count). The number of rotatable bonds is 5. The number of halogens is 2. The molecule has 0 saturated heterocycles. The van der Waals surface area contributed by atoms with Gasteiger partial charge in [0, 0.05) is 21.8 Å². The van der Waals surface area contributed by atoms with Gasteiger partial charge < -0.3 is 5.32 Å². The minimum Gasteiger partial charge on any atom is -0.352 e. The van der Waals surface area contributed by atoms with E-state index in [0.29, 0.717) is 27.6 Å². The van der Waals surface area contributed by atoms with Gasteiger partial charge in [0.05, 0.1) is 5.75 Å². The summed E-state index contributed by atoms with van der Waals surface area (Å²) in [7, 11) is 0. The van der Waals surface area contributed by atoms with Gasteiger partial charge in [-0.05, 0) is 48.8 Å². The Hall–Kier alpha value is -0.380. The summed E-state index contributed by atoms with van der Waals surface area (Å²) >= 11 is 13.8. The first-order valence-electron chi connectivity index (χ1n) is 7.43. The van der Waals surface area contributed by atoms with Gasteiger partial charge in [0.25, 0.3) is 0 Å². The molecule has 21 heavy (non-hydrogen) atoms. The van der Waals surface area contributed by atoms with Crippen molar-refractivity contribution in [1.29, 1.82) is 0 Å². The summed E-state index contributed by atoms with van der Waals surface area (Å²) in [6, 6.07) is 5.92. The van der Waals surface area contributed by atoms with Crippen molar-refractivity contribution in [3.05, 3.63) is 33.8 Å². The number of fused-ring (bicyclic) bond motifs is 2. The van der Waals surface area contributed by atoms with Gasteiger partial charge in [0.2, 0.25) is 5.91 Å². The molecule has 1 amide bonds. The van der Waals surface area contributed by atoms with Crippen molar-refractivity contribution in [2.75, 3.05) is 5.75 Å². The Morgan fingerprint density at radius 1 is 1.24 bits per heavy atom. The first-order valence-corrected chi connectivity index (χ1v) is 9.34. The van der Waals surface area contributed by atoms with Crippen molar-refractivity contribution < 1.29 is 4.79 Å². The van der Waals surface area contributed by atoms with E-state index in [9.17, 15) is 4.79 Å². The van der Waals surface area contributed by atoms with Crippen LogP contribution in [0.3, 0.4) is 0 Å². The molecular formula is C16H19Cl2NOS. The van der Waals surface area contributed by atoms with E-state index in [0.717, 1.165) is 17.4 Å². The Balaban J connectivity index is 1.44. The Bertz CT molecular complexity index is 517. The maximum absolute atomic E-state index is 12.0. The fourth-order valence-electron chi connectivity index (χ4n) is 3.59. The molecule has 1 N–H and O–H groups in total. The molecule has 0 aromatic heterocycles. The third kappa shape index (κ3) is 3.69. The first-order chi connectivity index (χ1) is 10.1. The molecule has 2 aliphatic rings. The summed E-state index contributed by atoms with van der Waals surface area (Å²) in [5, 5.41) is 4.54. The smallest absolute Gasteiger partial charge is 0.230 e. The number of benzene rings is 1. The average Bonchev–Trinajstić information content (AvgIpc) is 3.04. The van der Waals surface area contributed by atoms with E-state index in [1.807, 2.05) is 18.2 Å². The molecule has 114 valence electrons. The van der Waals surface area contributed by atoms with Crippen LogP contribution in [0.1, 0.15) is 31.2 Å². The number of carbonyl (C=O) groups excluding carboxylic acids is 1. The lowest BCUT2D eigenvalue weighted by atomic mass is 9.95. The van der Waals surface area contributed by atoms with Crippen LogP contribution >= 0.6 is 35.0 Å². The van der Waals surface area contributed by atoms with Gasteiger partial charge in [0.1, 0.15) is 0 Å². The van der Waals surface area contributed by atoms with Crippen LogP contribution in [0.25, 0.3) is 0 Å². The minimum absolute atomic E-state index is 0.140. The third-order valence-electron chi connectivity index (χ3n) is 4.63. The van der Waals surface area contributed by atoms with E-state index in [4.69, 9.17) is 23.2 Å². The van der Waals surface area contributed by atoms with Crippen LogP contribution < -0.4 is 5.32 Å². The van der Waals surface area contributed by atoms with Crippen LogP contribution in [0.15, 0.2) is 18.2 Å². The number of thioether (sulfide) groups is 1. The van der Waals surface area contributed by atoms with Gasteiger partial charge in [-0.1, -0.05) is 35.7 Å². The molecular weight excluding hydrogens is 325 g/mol. The van der Waals surface area contributed by atoms with E-state index >= 15 is 0 Å². The van der Waals surface area contributed by atoms with Crippen molar-refractivity contribution >= 4 is 40.9 Å². The number of amides is 1. The molecule has 0 spiro atoms. The van der Waals surface area contributed by atoms with Gasteiger partial charge >= 0.3 is 0 Å². The van der Waals surface area contributed by atoms with E-state index in [1.165, 1.54) is 25.7 Å². The van der Waals surface area contributed by atoms with Crippen LogP contribution in [-0.4, -0.2) is 17.7 Å². The largest absolute Gasteiger partial charge is 0.352 e. The fraction of sp³-hybridized carbons (Fsp3) is 0.562. The van der Waals surface area contributed by atoms with E-state index < -0.39 is 0 Å². The molecule has 1 aromatic rings. The third-order valence-corrected chi connectivity index (χ3v) is 6.29.